The number of hydrogen-bond donors (Lipinski definition) is 2. The number of amides is 1. The van der Waals surface area contributed by atoms with Gasteiger partial charge in [0.25, 0.3) is 5.91 Å². The van der Waals surface area contributed by atoms with Gasteiger partial charge in [0.05, 0.1) is 18.1 Å². The fourth-order valence-electron chi connectivity index (χ4n) is 3.12. The highest BCUT2D eigenvalue weighted by atomic mass is 16.5. The predicted molar refractivity (Wildman–Crippen MR) is 84.4 cm³/mol. The highest BCUT2D eigenvalue weighted by Gasteiger charge is 2.21. The van der Waals surface area contributed by atoms with Gasteiger partial charge in [-0.25, -0.2) is 4.79 Å². The van der Waals surface area contributed by atoms with Crippen molar-refractivity contribution >= 4 is 22.9 Å². The molecule has 1 heterocycles. The van der Waals surface area contributed by atoms with Gasteiger partial charge in [0.2, 0.25) is 0 Å². The molecule has 1 aliphatic carbocycles. The Kier molecular flexibility index (Phi) is 4.18. The van der Waals surface area contributed by atoms with Crippen LogP contribution in [0.2, 0.25) is 0 Å². The van der Waals surface area contributed by atoms with Crippen LogP contribution < -0.4 is 11.0 Å². The average molecular weight is 317 g/mol. The number of rotatable bonds is 4. The van der Waals surface area contributed by atoms with E-state index in [1.165, 1.54) is 7.11 Å². The van der Waals surface area contributed by atoms with Gasteiger partial charge in [0.15, 0.2) is 0 Å². The molecule has 0 spiro atoms. The molecule has 1 saturated carbocycles. The van der Waals surface area contributed by atoms with Crippen LogP contribution in [-0.4, -0.2) is 35.1 Å². The number of carbonyl (C=O) groups is 2. The number of hydrogen-bond acceptors (Lipinski definition) is 4. The second-order valence-corrected chi connectivity index (χ2v) is 5.73. The van der Waals surface area contributed by atoms with Gasteiger partial charge in [-0.2, -0.15) is 0 Å². The molecule has 7 heteroatoms. The van der Waals surface area contributed by atoms with Crippen molar-refractivity contribution in [1.29, 1.82) is 0 Å². The minimum absolute atomic E-state index is 0.140. The maximum Gasteiger partial charge on any atom is 0.326 e. The molecule has 2 N–H and O–H groups in total. The lowest BCUT2D eigenvalue weighted by atomic mass is 10.1. The molecule has 1 amide bonds. The predicted octanol–water partition coefficient (Wildman–Crippen LogP) is 1.35. The quantitative estimate of drug-likeness (QED) is 0.832. The van der Waals surface area contributed by atoms with Crippen molar-refractivity contribution in [2.45, 2.75) is 31.7 Å². The van der Waals surface area contributed by atoms with Gasteiger partial charge in [0, 0.05) is 11.6 Å². The number of H-pyrrole nitrogens is 1. The van der Waals surface area contributed by atoms with Crippen LogP contribution >= 0.6 is 0 Å². The zero-order chi connectivity index (χ0) is 16.4. The number of imidazole rings is 1. The lowest BCUT2D eigenvalue weighted by Crippen LogP contribution is -2.30. The molecule has 7 nitrogen and oxygen atoms in total. The molecule has 2 aromatic rings. The first kappa shape index (κ1) is 15.3. The molecule has 23 heavy (non-hydrogen) atoms. The summed E-state index contributed by atoms with van der Waals surface area (Å²) in [6, 6.07) is 5.30. The van der Waals surface area contributed by atoms with Crippen molar-refractivity contribution in [2.75, 3.05) is 13.7 Å². The van der Waals surface area contributed by atoms with E-state index in [4.69, 9.17) is 0 Å². The SMILES string of the molecule is COC(=O)CNC(=O)c1ccc2c(c1)[nH]c(=O)n2C1CCCC1. The Labute approximate surface area is 132 Å². The van der Waals surface area contributed by atoms with E-state index < -0.39 is 5.97 Å². The van der Waals surface area contributed by atoms with Crippen LogP contribution in [0.4, 0.5) is 0 Å². The summed E-state index contributed by atoms with van der Waals surface area (Å²) in [6.45, 7) is -0.188. The van der Waals surface area contributed by atoms with Gasteiger partial charge in [-0.05, 0) is 31.0 Å². The topological polar surface area (TPSA) is 93.2 Å². The molecule has 1 fully saturated rings. The Balaban J connectivity index is 1.86. The molecular formula is C16H19N3O4. The summed E-state index contributed by atoms with van der Waals surface area (Å²) in [5, 5.41) is 2.48. The van der Waals surface area contributed by atoms with Crippen molar-refractivity contribution < 1.29 is 14.3 Å². The van der Waals surface area contributed by atoms with Gasteiger partial charge in [0.1, 0.15) is 6.54 Å². The lowest BCUT2D eigenvalue weighted by Gasteiger charge is -2.11. The van der Waals surface area contributed by atoms with Crippen LogP contribution in [0.5, 0.6) is 0 Å². The van der Waals surface area contributed by atoms with E-state index >= 15 is 0 Å². The minimum Gasteiger partial charge on any atom is -0.468 e. The summed E-state index contributed by atoms with van der Waals surface area (Å²) in [5.41, 5.74) is 1.69. The third-order valence-corrected chi connectivity index (χ3v) is 4.29. The number of aromatic amines is 1. The normalized spacial score (nSPS) is 15.0. The molecule has 0 radical (unpaired) electrons. The Morgan fingerprint density at radius 1 is 1.35 bits per heavy atom. The fourth-order valence-corrected chi connectivity index (χ4v) is 3.12. The number of methoxy groups -OCH3 is 1. The molecule has 0 bridgehead atoms. The molecule has 1 aromatic heterocycles. The molecule has 0 atom stereocenters. The monoisotopic (exact) mass is 317 g/mol. The second-order valence-electron chi connectivity index (χ2n) is 5.73. The number of carbonyl (C=O) groups excluding carboxylic acids is 2. The number of fused-ring (bicyclic) bond motifs is 1. The minimum atomic E-state index is -0.514. The fraction of sp³-hybridized carbons (Fsp3) is 0.438. The molecule has 1 aliphatic rings. The summed E-state index contributed by atoms with van der Waals surface area (Å²) < 4.78 is 6.27. The van der Waals surface area contributed by atoms with E-state index in [0.717, 1.165) is 31.2 Å². The van der Waals surface area contributed by atoms with Crippen molar-refractivity contribution in [3.63, 3.8) is 0 Å². The average Bonchev–Trinajstić information content (AvgIpc) is 3.17. The van der Waals surface area contributed by atoms with Crippen LogP contribution in [0.15, 0.2) is 23.0 Å². The van der Waals surface area contributed by atoms with Gasteiger partial charge in [-0.3, -0.25) is 14.2 Å². The molecule has 3 rings (SSSR count). The first-order chi connectivity index (χ1) is 11.1. The summed E-state index contributed by atoms with van der Waals surface area (Å²) in [7, 11) is 1.26. The summed E-state index contributed by atoms with van der Waals surface area (Å²) in [6.07, 6.45) is 4.29. The number of aromatic nitrogens is 2. The number of esters is 1. The Hall–Kier alpha value is -2.57. The van der Waals surface area contributed by atoms with Gasteiger partial charge >= 0.3 is 11.7 Å². The van der Waals surface area contributed by atoms with Crippen molar-refractivity contribution in [3.8, 4) is 0 Å². The smallest absolute Gasteiger partial charge is 0.326 e. The highest BCUT2D eigenvalue weighted by molar-refractivity contribution is 5.98. The number of benzene rings is 1. The van der Waals surface area contributed by atoms with Gasteiger partial charge in [-0.15, -0.1) is 0 Å². The Morgan fingerprint density at radius 3 is 2.78 bits per heavy atom. The largest absolute Gasteiger partial charge is 0.468 e. The van der Waals surface area contributed by atoms with E-state index in [0.29, 0.717) is 11.1 Å². The molecular weight excluding hydrogens is 298 g/mol. The van der Waals surface area contributed by atoms with E-state index in [1.807, 2.05) is 0 Å². The van der Waals surface area contributed by atoms with Crippen LogP contribution in [-0.2, 0) is 9.53 Å². The van der Waals surface area contributed by atoms with Gasteiger partial charge < -0.3 is 15.0 Å². The van der Waals surface area contributed by atoms with Crippen LogP contribution in [0.3, 0.4) is 0 Å². The maximum atomic E-state index is 12.2. The molecule has 0 unspecified atom stereocenters. The molecule has 0 aliphatic heterocycles. The third kappa shape index (κ3) is 2.99. The van der Waals surface area contributed by atoms with Crippen molar-refractivity contribution in [2.24, 2.45) is 0 Å². The van der Waals surface area contributed by atoms with E-state index in [1.54, 1.807) is 22.8 Å². The van der Waals surface area contributed by atoms with Crippen LogP contribution in [0.1, 0.15) is 42.1 Å². The van der Waals surface area contributed by atoms with Crippen LogP contribution in [0, 0.1) is 0 Å². The van der Waals surface area contributed by atoms with Crippen LogP contribution in [0.25, 0.3) is 11.0 Å². The first-order valence-electron chi connectivity index (χ1n) is 7.69. The maximum absolute atomic E-state index is 12.2. The zero-order valence-corrected chi connectivity index (χ0v) is 12.9. The number of ether oxygens (including phenoxy) is 1. The molecule has 122 valence electrons. The lowest BCUT2D eigenvalue weighted by molar-refractivity contribution is -0.139. The molecule has 1 aromatic carbocycles. The van der Waals surface area contributed by atoms with E-state index in [9.17, 15) is 14.4 Å². The Morgan fingerprint density at radius 2 is 2.09 bits per heavy atom. The molecule has 0 saturated heterocycles. The third-order valence-electron chi connectivity index (χ3n) is 4.29. The standard InChI is InChI=1S/C16H19N3O4/c1-23-14(20)9-17-15(21)10-6-7-13-12(8-10)18-16(22)19(13)11-4-2-3-5-11/h6-8,11H,2-5,9H2,1H3,(H,17,21)(H,18,22). The number of nitrogens with zero attached hydrogens (tertiary/aromatic N) is 1. The van der Waals surface area contributed by atoms with E-state index in [-0.39, 0.29) is 24.2 Å². The van der Waals surface area contributed by atoms with Gasteiger partial charge in [-0.1, -0.05) is 12.8 Å². The zero-order valence-electron chi connectivity index (χ0n) is 12.9. The van der Waals surface area contributed by atoms with E-state index in [2.05, 4.69) is 15.0 Å². The summed E-state index contributed by atoms with van der Waals surface area (Å²) in [4.78, 5) is 38.1. The van der Waals surface area contributed by atoms with Crippen molar-refractivity contribution in [3.05, 3.63) is 34.2 Å². The number of nitrogens with one attached hydrogen (secondary N) is 2. The summed E-state index contributed by atoms with van der Waals surface area (Å²) >= 11 is 0. The second kappa shape index (κ2) is 6.28. The highest BCUT2D eigenvalue weighted by Crippen LogP contribution is 2.30. The van der Waals surface area contributed by atoms with Crippen molar-refractivity contribution in [1.82, 2.24) is 14.9 Å². The first-order valence-corrected chi connectivity index (χ1v) is 7.69. The Bertz CT molecular complexity index is 799. The summed E-state index contributed by atoms with van der Waals surface area (Å²) in [5.74, 6) is -0.896.